The van der Waals surface area contributed by atoms with Gasteiger partial charge < -0.3 is 10.0 Å². The van der Waals surface area contributed by atoms with Crippen LogP contribution in [0.5, 0.6) is 5.88 Å². The molecule has 1 aromatic heterocycles. The number of hydrogen-bond acceptors (Lipinski definition) is 4. The second kappa shape index (κ2) is 6.26. The summed E-state index contributed by atoms with van der Waals surface area (Å²) in [5.74, 6) is 0.406. The van der Waals surface area contributed by atoms with Gasteiger partial charge in [0.15, 0.2) is 0 Å². The minimum absolute atomic E-state index is 0.172. The predicted molar refractivity (Wildman–Crippen MR) is 77.2 cm³/mol. The molecule has 112 valence electrons. The predicted octanol–water partition coefficient (Wildman–Crippen LogP) is 0.536. The van der Waals surface area contributed by atoms with Crippen molar-refractivity contribution < 1.29 is 5.11 Å². The van der Waals surface area contributed by atoms with Crippen LogP contribution in [-0.2, 0) is 13.0 Å². The number of hydrogen-bond donors (Lipinski definition) is 2. The first-order chi connectivity index (χ1) is 9.52. The first-order valence-electron chi connectivity index (χ1n) is 7.26. The summed E-state index contributed by atoms with van der Waals surface area (Å²) in [6, 6.07) is 0. The van der Waals surface area contributed by atoms with Crippen molar-refractivity contribution in [3.63, 3.8) is 0 Å². The number of rotatable bonds is 4. The van der Waals surface area contributed by atoms with Crippen molar-refractivity contribution in [2.24, 2.45) is 5.92 Å². The van der Waals surface area contributed by atoms with Gasteiger partial charge in [-0.1, -0.05) is 6.92 Å². The lowest BCUT2D eigenvalue weighted by molar-refractivity contribution is 0.205. The molecule has 1 fully saturated rings. The Labute approximate surface area is 118 Å². The number of piperidine rings is 1. The highest BCUT2D eigenvalue weighted by atomic mass is 16.3. The monoisotopic (exact) mass is 281 g/mol. The molecule has 1 aliphatic rings. The van der Waals surface area contributed by atoms with Gasteiger partial charge in [0, 0.05) is 6.54 Å². The van der Waals surface area contributed by atoms with Crippen molar-refractivity contribution in [2.45, 2.75) is 39.2 Å². The van der Waals surface area contributed by atoms with E-state index >= 15 is 0 Å². The van der Waals surface area contributed by atoms with Crippen LogP contribution < -0.4 is 11.2 Å². The molecule has 2 rings (SSSR count). The zero-order valence-corrected chi connectivity index (χ0v) is 12.2. The maximum Gasteiger partial charge on any atom is 0.331 e. The smallest absolute Gasteiger partial charge is 0.331 e. The number of likely N-dealkylation sites (tertiary alicyclic amines) is 1. The van der Waals surface area contributed by atoms with E-state index in [-0.39, 0.29) is 11.4 Å². The van der Waals surface area contributed by atoms with Crippen LogP contribution in [0.25, 0.3) is 0 Å². The SMILES string of the molecule is CCc1c(O)n(CCC2CCN(C)CC2)c(=O)[nH]c1=O. The van der Waals surface area contributed by atoms with Crippen LogP contribution in [0, 0.1) is 5.92 Å². The van der Waals surface area contributed by atoms with E-state index in [4.69, 9.17) is 0 Å². The van der Waals surface area contributed by atoms with Gasteiger partial charge in [0.05, 0.1) is 5.56 Å². The molecular formula is C14H23N3O3. The summed E-state index contributed by atoms with van der Waals surface area (Å²) >= 11 is 0. The van der Waals surface area contributed by atoms with Crippen molar-refractivity contribution in [1.29, 1.82) is 0 Å². The first kappa shape index (κ1) is 14.8. The Morgan fingerprint density at radius 1 is 1.30 bits per heavy atom. The molecule has 0 amide bonds. The van der Waals surface area contributed by atoms with E-state index in [1.807, 2.05) is 0 Å². The van der Waals surface area contributed by atoms with E-state index in [9.17, 15) is 14.7 Å². The molecule has 0 spiro atoms. The van der Waals surface area contributed by atoms with Gasteiger partial charge >= 0.3 is 5.69 Å². The Kier molecular flexibility index (Phi) is 4.65. The third-order valence-corrected chi connectivity index (χ3v) is 4.22. The van der Waals surface area contributed by atoms with E-state index in [1.54, 1.807) is 6.92 Å². The highest BCUT2D eigenvalue weighted by molar-refractivity contribution is 5.22. The Morgan fingerprint density at radius 2 is 1.95 bits per heavy atom. The average Bonchev–Trinajstić information content (AvgIpc) is 2.40. The largest absolute Gasteiger partial charge is 0.494 e. The van der Waals surface area contributed by atoms with Gasteiger partial charge in [0.2, 0.25) is 5.88 Å². The van der Waals surface area contributed by atoms with Crippen LogP contribution in [0.4, 0.5) is 0 Å². The standard InChI is InChI=1S/C14H23N3O3/c1-3-11-12(18)15-14(20)17(13(11)19)9-6-10-4-7-16(2)8-5-10/h10,19H,3-9H2,1-2H3,(H,15,18,20). The van der Waals surface area contributed by atoms with Crippen molar-refractivity contribution in [3.05, 3.63) is 26.4 Å². The number of nitrogens with zero attached hydrogens (tertiary/aromatic N) is 2. The van der Waals surface area contributed by atoms with Gasteiger partial charge in [0.1, 0.15) is 0 Å². The maximum atomic E-state index is 11.8. The Balaban J connectivity index is 2.10. The molecule has 0 unspecified atom stereocenters. The average molecular weight is 281 g/mol. The number of aromatic hydroxyl groups is 1. The lowest BCUT2D eigenvalue weighted by atomic mass is 9.94. The second-order valence-corrected chi connectivity index (χ2v) is 5.60. The Morgan fingerprint density at radius 3 is 2.55 bits per heavy atom. The zero-order chi connectivity index (χ0) is 14.7. The molecule has 0 aliphatic carbocycles. The van der Waals surface area contributed by atoms with E-state index in [2.05, 4.69) is 16.9 Å². The van der Waals surface area contributed by atoms with E-state index in [0.717, 1.165) is 32.4 Å². The fourth-order valence-corrected chi connectivity index (χ4v) is 2.79. The molecule has 1 aromatic rings. The zero-order valence-electron chi connectivity index (χ0n) is 12.2. The molecule has 2 heterocycles. The van der Waals surface area contributed by atoms with Gasteiger partial charge in [-0.25, -0.2) is 4.79 Å². The Hall–Kier alpha value is -1.56. The first-order valence-corrected chi connectivity index (χ1v) is 7.26. The maximum absolute atomic E-state index is 11.8. The Bertz CT molecular complexity index is 568. The van der Waals surface area contributed by atoms with Crippen LogP contribution in [-0.4, -0.2) is 39.7 Å². The number of H-pyrrole nitrogens is 1. The molecule has 0 atom stereocenters. The van der Waals surface area contributed by atoms with Crippen LogP contribution in [0.15, 0.2) is 9.59 Å². The quantitative estimate of drug-likeness (QED) is 0.844. The summed E-state index contributed by atoms with van der Waals surface area (Å²) in [4.78, 5) is 27.9. The molecule has 1 aliphatic heterocycles. The fourth-order valence-electron chi connectivity index (χ4n) is 2.79. The van der Waals surface area contributed by atoms with Gasteiger partial charge in [-0.3, -0.25) is 14.3 Å². The van der Waals surface area contributed by atoms with Crippen LogP contribution in [0.1, 0.15) is 31.7 Å². The molecule has 2 N–H and O–H groups in total. The van der Waals surface area contributed by atoms with Gasteiger partial charge in [-0.05, 0) is 51.7 Å². The number of aromatic nitrogens is 2. The van der Waals surface area contributed by atoms with Crippen molar-refractivity contribution in [2.75, 3.05) is 20.1 Å². The summed E-state index contributed by atoms with van der Waals surface area (Å²) in [6.45, 7) is 4.41. The topological polar surface area (TPSA) is 78.3 Å². The van der Waals surface area contributed by atoms with E-state index in [0.29, 0.717) is 18.9 Å². The van der Waals surface area contributed by atoms with Crippen LogP contribution in [0.2, 0.25) is 0 Å². The molecule has 0 bridgehead atoms. The summed E-state index contributed by atoms with van der Waals surface area (Å²) in [7, 11) is 2.11. The van der Waals surface area contributed by atoms with Crippen molar-refractivity contribution >= 4 is 0 Å². The summed E-state index contributed by atoms with van der Waals surface area (Å²) < 4.78 is 1.29. The molecule has 1 saturated heterocycles. The number of nitrogens with one attached hydrogen (secondary N) is 1. The lowest BCUT2D eigenvalue weighted by Crippen LogP contribution is -2.34. The van der Waals surface area contributed by atoms with E-state index in [1.165, 1.54) is 4.57 Å². The molecule has 0 saturated carbocycles. The molecule has 20 heavy (non-hydrogen) atoms. The molecular weight excluding hydrogens is 258 g/mol. The fraction of sp³-hybridized carbons (Fsp3) is 0.714. The molecule has 0 radical (unpaired) electrons. The van der Waals surface area contributed by atoms with Crippen LogP contribution >= 0.6 is 0 Å². The minimum Gasteiger partial charge on any atom is -0.494 e. The van der Waals surface area contributed by atoms with Crippen molar-refractivity contribution in [3.8, 4) is 5.88 Å². The summed E-state index contributed by atoms with van der Waals surface area (Å²) in [5.41, 5.74) is -0.712. The molecule has 6 nitrogen and oxygen atoms in total. The highest BCUT2D eigenvalue weighted by Crippen LogP contribution is 2.21. The minimum atomic E-state index is -0.516. The summed E-state index contributed by atoms with van der Waals surface area (Å²) in [6.07, 6.45) is 3.51. The van der Waals surface area contributed by atoms with Gasteiger partial charge in [0.25, 0.3) is 5.56 Å². The normalized spacial score (nSPS) is 17.5. The third kappa shape index (κ3) is 3.12. The molecule has 0 aromatic carbocycles. The van der Waals surface area contributed by atoms with E-state index < -0.39 is 11.2 Å². The van der Waals surface area contributed by atoms with Gasteiger partial charge in [-0.2, -0.15) is 0 Å². The highest BCUT2D eigenvalue weighted by Gasteiger charge is 2.18. The third-order valence-electron chi connectivity index (χ3n) is 4.22. The van der Waals surface area contributed by atoms with Crippen molar-refractivity contribution in [1.82, 2.24) is 14.5 Å². The van der Waals surface area contributed by atoms with Crippen LogP contribution in [0.3, 0.4) is 0 Å². The molecule has 6 heteroatoms. The summed E-state index contributed by atoms with van der Waals surface area (Å²) in [5, 5.41) is 10.1. The van der Waals surface area contributed by atoms with Gasteiger partial charge in [-0.15, -0.1) is 0 Å². The number of aromatic amines is 1. The lowest BCUT2D eigenvalue weighted by Gasteiger charge is -2.29. The second-order valence-electron chi connectivity index (χ2n) is 5.60.